The Morgan fingerprint density at radius 1 is 1.21 bits per heavy atom. The van der Waals surface area contributed by atoms with Crippen molar-refractivity contribution in [1.29, 1.82) is 0 Å². The fourth-order valence-electron chi connectivity index (χ4n) is 4.85. The van der Waals surface area contributed by atoms with Crippen molar-refractivity contribution in [1.82, 2.24) is 20.4 Å². The molecule has 10 heteroatoms. The van der Waals surface area contributed by atoms with E-state index in [0.29, 0.717) is 36.1 Å². The molecular formula is C28H32FN5O4. The highest BCUT2D eigenvalue weighted by Gasteiger charge is 2.31. The molecule has 0 unspecified atom stereocenters. The zero-order valence-corrected chi connectivity index (χ0v) is 21.4. The topological polar surface area (TPSA) is 97.7 Å². The number of anilines is 1. The summed E-state index contributed by atoms with van der Waals surface area (Å²) in [5, 5.41) is 10.2. The molecule has 2 N–H and O–H groups in total. The Kier molecular flexibility index (Phi) is 7.88. The molecular weight excluding hydrogens is 489 g/mol. The number of hydrogen-bond acceptors (Lipinski definition) is 6. The largest absolute Gasteiger partial charge is 0.494 e. The van der Waals surface area contributed by atoms with E-state index in [2.05, 4.69) is 15.7 Å². The van der Waals surface area contributed by atoms with E-state index < -0.39 is 12.1 Å². The van der Waals surface area contributed by atoms with Crippen molar-refractivity contribution in [2.24, 2.45) is 5.92 Å². The first-order valence-corrected chi connectivity index (χ1v) is 12.9. The van der Waals surface area contributed by atoms with Gasteiger partial charge in [-0.3, -0.25) is 4.79 Å². The number of fused-ring (bicyclic) bond motifs is 1. The summed E-state index contributed by atoms with van der Waals surface area (Å²) < 4.78 is 26.5. The Hall–Kier alpha value is -3.92. The second-order valence-electron chi connectivity index (χ2n) is 9.77. The normalized spacial score (nSPS) is 17.9. The molecule has 2 amide bonds. The van der Waals surface area contributed by atoms with Crippen molar-refractivity contribution in [3.05, 3.63) is 71.8 Å². The maximum absolute atomic E-state index is 13.5. The molecule has 3 heterocycles. The second kappa shape index (κ2) is 11.6. The Morgan fingerprint density at radius 2 is 2.05 bits per heavy atom. The van der Waals surface area contributed by atoms with E-state index in [1.54, 1.807) is 43.7 Å². The molecule has 1 saturated heterocycles. The summed E-state index contributed by atoms with van der Waals surface area (Å²) in [7, 11) is 1.65. The van der Waals surface area contributed by atoms with Crippen LogP contribution in [0.4, 0.5) is 14.9 Å². The molecule has 2 aromatic carbocycles. The molecule has 0 spiro atoms. The predicted molar refractivity (Wildman–Crippen MR) is 140 cm³/mol. The minimum Gasteiger partial charge on any atom is -0.494 e. The Labute approximate surface area is 220 Å². The average molecular weight is 522 g/mol. The van der Waals surface area contributed by atoms with Gasteiger partial charge in [-0.2, -0.15) is 9.78 Å². The van der Waals surface area contributed by atoms with Crippen LogP contribution in [0.1, 0.15) is 30.4 Å². The molecule has 5 rings (SSSR count). The number of carbonyl (C=O) groups excluding carboxylic acids is 2. The number of hydrogen-bond donors (Lipinski definition) is 2. The van der Waals surface area contributed by atoms with Gasteiger partial charge in [-0.1, -0.05) is 12.1 Å². The van der Waals surface area contributed by atoms with Crippen LogP contribution in [-0.4, -0.2) is 61.1 Å². The van der Waals surface area contributed by atoms with Crippen LogP contribution < -0.4 is 25.0 Å². The van der Waals surface area contributed by atoms with Gasteiger partial charge in [0.2, 0.25) is 0 Å². The minimum absolute atomic E-state index is 0.0186. The number of ether oxygens (including phenoxy) is 2. The lowest BCUT2D eigenvalue weighted by molar-refractivity contribution is -0.120. The molecule has 9 nitrogen and oxygen atoms in total. The molecule has 2 aliphatic rings. The lowest BCUT2D eigenvalue weighted by Gasteiger charge is -2.23. The zero-order valence-electron chi connectivity index (χ0n) is 21.4. The van der Waals surface area contributed by atoms with E-state index in [1.165, 1.54) is 29.9 Å². The van der Waals surface area contributed by atoms with Crippen molar-refractivity contribution in [2.75, 3.05) is 38.3 Å². The summed E-state index contributed by atoms with van der Waals surface area (Å²) in [4.78, 5) is 27.5. The van der Waals surface area contributed by atoms with Crippen molar-refractivity contribution >= 4 is 17.6 Å². The van der Waals surface area contributed by atoms with Gasteiger partial charge in [0.1, 0.15) is 30.0 Å². The summed E-state index contributed by atoms with van der Waals surface area (Å²) in [6.07, 6.45) is 6.86. The molecule has 1 atom stereocenters. The first-order chi connectivity index (χ1) is 18.5. The van der Waals surface area contributed by atoms with Crippen molar-refractivity contribution < 1.29 is 23.5 Å². The second-order valence-corrected chi connectivity index (χ2v) is 9.77. The van der Waals surface area contributed by atoms with Crippen LogP contribution in [0.3, 0.4) is 0 Å². The van der Waals surface area contributed by atoms with Gasteiger partial charge in [-0.15, -0.1) is 0 Å². The van der Waals surface area contributed by atoms with Gasteiger partial charge in [0, 0.05) is 25.7 Å². The van der Waals surface area contributed by atoms with Crippen LogP contribution in [0.5, 0.6) is 11.5 Å². The molecule has 1 fully saturated rings. The van der Waals surface area contributed by atoms with Crippen molar-refractivity contribution in [2.45, 2.75) is 31.7 Å². The van der Waals surface area contributed by atoms with Crippen LogP contribution in [0.2, 0.25) is 0 Å². The number of benzene rings is 2. The summed E-state index contributed by atoms with van der Waals surface area (Å²) >= 11 is 0. The number of halogens is 1. The number of nitrogens with zero attached hydrogens (tertiary/aromatic N) is 3. The quantitative estimate of drug-likeness (QED) is 0.495. The standard InChI is InChI=1S/C28H32FN5O4/c1-33-25-15-23(37-12-9-19-7-10-30-11-8-19)5-6-26(25)38-18-24(27(33)35)32-28(36)34-17-21(16-31-34)13-20-3-2-4-22(29)14-20/h2-6,14-17,19,24,30H,7-13,18H2,1H3,(H,32,36)/t24-/m0/s1. The van der Waals surface area contributed by atoms with Crippen LogP contribution in [-0.2, 0) is 11.2 Å². The van der Waals surface area contributed by atoms with E-state index in [0.717, 1.165) is 35.3 Å². The molecule has 2 aliphatic heterocycles. The molecule has 0 aliphatic carbocycles. The molecule has 0 bridgehead atoms. The van der Waals surface area contributed by atoms with Crippen LogP contribution in [0, 0.1) is 11.7 Å². The molecule has 0 radical (unpaired) electrons. The lowest BCUT2D eigenvalue weighted by Crippen LogP contribution is -2.50. The first kappa shape index (κ1) is 25.7. The summed E-state index contributed by atoms with van der Waals surface area (Å²) in [5.74, 6) is 1.25. The summed E-state index contributed by atoms with van der Waals surface area (Å²) in [6.45, 7) is 2.71. The SMILES string of the molecule is CN1C(=O)[C@@H](NC(=O)n2cc(Cc3cccc(F)c3)cn2)COc2ccc(OCCC3CCNCC3)cc21. The number of piperidine rings is 1. The van der Waals surface area contributed by atoms with Gasteiger partial charge in [0.05, 0.1) is 18.5 Å². The predicted octanol–water partition coefficient (Wildman–Crippen LogP) is 3.36. The fraction of sp³-hybridized carbons (Fsp3) is 0.393. The fourth-order valence-corrected chi connectivity index (χ4v) is 4.85. The number of rotatable bonds is 7. The summed E-state index contributed by atoms with van der Waals surface area (Å²) in [6, 6.07) is 10.2. The van der Waals surface area contributed by atoms with Gasteiger partial charge in [0.15, 0.2) is 0 Å². The van der Waals surface area contributed by atoms with Crippen LogP contribution >= 0.6 is 0 Å². The third kappa shape index (κ3) is 6.13. The number of amides is 2. The summed E-state index contributed by atoms with van der Waals surface area (Å²) in [5.41, 5.74) is 2.10. The van der Waals surface area contributed by atoms with Crippen molar-refractivity contribution in [3.63, 3.8) is 0 Å². The van der Waals surface area contributed by atoms with Crippen LogP contribution in [0.25, 0.3) is 0 Å². The molecule has 38 heavy (non-hydrogen) atoms. The van der Waals surface area contributed by atoms with Gasteiger partial charge >= 0.3 is 6.03 Å². The van der Waals surface area contributed by atoms with Crippen LogP contribution in [0.15, 0.2) is 54.9 Å². The number of aromatic nitrogens is 2. The van der Waals surface area contributed by atoms with E-state index >= 15 is 0 Å². The van der Waals surface area contributed by atoms with Gasteiger partial charge < -0.3 is 25.0 Å². The Balaban J connectivity index is 1.19. The Bertz CT molecular complexity index is 1290. The highest BCUT2D eigenvalue weighted by Crippen LogP contribution is 2.34. The molecule has 200 valence electrons. The lowest BCUT2D eigenvalue weighted by atomic mass is 9.95. The van der Waals surface area contributed by atoms with Crippen molar-refractivity contribution in [3.8, 4) is 11.5 Å². The average Bonchev–Trinajstić information content (AvgIpc) is 3.35. The number of likely N-dealkylation sites (N-methyl/N-ethyl adjacent to an activating group) is 1. The highest BCUT2D eigenvalue weighted by molar-refractivity contribution is 6.00. The number of carbonyl (C=O) groups is 2. The van der Waals surface area contributed by atoms with E-state index in [4.69, 9.17) is 9.47 Å². The maximum atomic E-state index is 13.5. The smallest absolute Gasteiger partial charge is 0.342 e. The van der Waals surface area contributed by atoms with E-state index in [1.807, 2.05) is 6.07 Å². The van der Waals surface area contributed by atoms with Gasteiger partial charge in [-0.05, 0) is 73.7 Å². The molecule has 0 saturated carbocycles. The number of nitrogens with one attached hydrogen (secondary N) is 2. The van der Waals surface area contributed by atoms with Gasteiger partial charge in [0.25, 0.3) is 5.91 Å². The highest BCUT2D eigenvalue weighted by atomic mass is 19.1. The van der Waals surface area contributed by atoms with E-state index in [9.17, 15) is 14.0 Å². The third-order valence-corrected chi connectivity index (χ3v) is 7.02. The Morgan fingerprint density at radius 3 is 2.87 bits per heavy atom. The zero-order chi connectivity index (χ0) is 26.5. The minimum atomic E-state index is -0.903. The first-order valence-electron chi connectivity index (χ1n) is 12.9. The molecule has 1 aromatic heterocycles. The maximum Gasteiger partial charge on any atom is 0.342 e. The van der Waals surface area contributed by atoms with Gasteiger partial charge in [-0.25, -0.2) is 9.18 Å². The third-order valence-electron chi connectivity index (χ3n) is 7.02. The molecule has 3 aromatic rings. The van der Waals surface area contributed by atoms with E-state index in [-0.39, 0.29) is 18.3 Å². The monoisotopic (exact) mass is 521 g/mol.